The normalized spacial score (nSPS) is 31.6. The maximum absolute atomic E-state index is 9.11. The Labute approximate surface area is 159 Å². The molecule has 4 aliphatic rings. The molecule has 1 fully saturated rings. The maximum Gasteiger partial charge on any atom is 0.0911 e. The fraction of sp³-hybridized carbons (Fsp3) is 0.526. The highest BCUT2D eigenvalue weighted by Crippen LogP contribution is 2.57. The van der Waals surface area contributed by atoms with Crippen molar-refractivity contribution in [3.63, 3.8) is 0 Å². The van der Waals surface area contributed by atoms with E-state index in [9.17, 15) is 0 Å². The van der Waals surface area contributed by atoms with Crippen LogP contribution < -0.4 is 0 Å². The predicted molar refractivity (Wildman–Crippen MR) is 104 cm³/mol. The summed E-state index contributed by atoms with van der Waals surface area (Å²) in [4.78, 5) is 4.91. The first-order valence-electron chi connectivity index (χ1n) is 8.82. The third kappa shape index (κ3) is 2.91. The summed E-state index contributed by atoms with van der Waals surface area (Å²) in [5, 5.41) is 11.4. The van der Waals surface area contributed by atoms with Gasteiger partial charge < -0.3 is 9.80 Å². The molecule has 0 saturated carbocycles. The van der Waals surface area contributed by atoms with E-state index in [0.717, 1.165) is 51.3 Å². The zero-order chi connectivity index (χ0) is 17.4. The van der Waals surface area contributed by atoms with Crippen molar-refractivity contribution in [2.45, 2.75) is 12.8 Å². The standard InChI is InChI=1S/C19H23ClN4S/c1-22-8-10-23(11-9-22)17-5-7-24(20)18-3-2-15(4-6-21)12-19(18)14-25-13-16(17)19/h3-5,13H,2,7-12,14H2,1H3. The lowest BCUT2D eigenvalue weighted by atomic mass is 9.70. The zero-order valence-electron chi connectivity index (χ0n) is 14.5. The van der Waals surface area contributed by atoms with Gasteiger partial charge in [-0.3, -0.25) is 4.42 Å². The van der Waals surface area contributed by atoms with Crippen LogP contribution in [0.25, 0.3) is 0 Å². The van der Waals surface area contributed by atoms with Crippen molar-refractivity contribution in [2.75, 3.05) is 45.5 Å². The van der Waals surface area contributed by atoms with Crippen LogP contribution in [0.15, 0.2) is 46.2 Å². The number of nitrogens with zero attached hydrogens (tertiary/aromatic N) is 4. The number of nitriles is 1. The van der Waals surface area contributed by atoms with E-state index in [1.54, 1.807) is 6.08 Å². The molecule has 1 saturated heterocycles. The first-order valence-corrected chi connectivity index (χ1v) is 10.2. The van der Waals surface area contributed by atoms with Crippen LogP contribution in [0.5, 0.6) is 0 Å². The molecule has 1 unspecified atom stereocenters. The fourth-order valence-electron chi connectivity index (χ4n) is 4.35. The van der Waals surface area contributed by atoms with E-state index in [4.69, 9.17) is 17.0 Å². The molecule has 3 heterocycles. The van der Waals surface area contributed by atoms with Crippen LogP contribution in [0.1, 0.15) is 12.8 Å². The Balaban J connectivity index is 1.73. The van der Waals surface area contributed by atoms with Gasteiger partial charge in [0.2, 0.25) is 0 Å². The van der Waals surface area contributed by atoms with Gasteiger partial charge in [-0.15, -0.1) is 11.8 Å². The van der Waals surface area contributed by atoms with E-state index in [-0.39, 0.29) is 5.41 Å². The summed E-state index contributed by atoms with van der Waals surface area (Å²) >= 11 is 8.56. The van der Waals surface area contributed by atoms with Crippen LogP contribution in [0, 0.1) is 16.7 Å². The summed E-state index contributed by atoms with van der Waals surface area (Å²) < 4.78 is 1.89. The SMILES string of the molecule is CN1CCN(C2=CCN(Cl)C3=CCC(=CC#N)CC34CSC=C24)CC1. The molecule has 0 bridgehead atoms. The molecule has 1 aliphatic carbocycles. The van der Waals surface area contributed by atoms with E-state index >= 15 is 0 Å². The summed E-state index contributed by atoms with van der Waals surface area (Å²) in [6, 6.07) is 2.22. The second-order valence-corrected chi connectivity index (χ2v) is 8.52. The van der Waals surface area contributed by atoms with Crippen molar-refractivity contribution in [2.24, 2.45) is 5.41 Å². The molecule has 4 rings (SSSR count). The number of hydrogen-bond donors (Lipinski definition) is 0. The van der Waals surface area contributed by atoms with Crippen LogP contribution >= 0.6 is 23.5 Å². The average molecular weight is 375 g/mol. The van der Waals surface area contributed by atoms with Crippen molar-refractivity contribution in [3.8, 4) is 6.07 Å². The molecule has 0 aromatic rings. The number of thioether (sulfide) groups is 1. The van der Waals surface area contributed by atoms with Crippen LogP contribution in [0.3, 0.4) is 0 Å². The Morgan fingerprint density at radius 3 is 2.84 bits per heavy atom. The molecule has 1 atom stereocenters. The monoisotopic (exact) mass is 374 g/mol. The minimum Gasteiger partial charge on any atom is -0.369 e. The Morgan fingerprint density at radius 1 is 1.28 bits per heavy atom. The summed E-state index contributed by atoms with van der Waals surface area (Å²) in [5.41, 5.74) is 5.11. The van der Waals surface area contributed by atoms with Gasteiger partial charge in [0.1, 0.15) is 0 Å². The van der Waals surface area contributed by atoms with E-state index in [0.29, 0.717) is 0 Å². The van der Waals surface area contributed by atoms with Crippen molar-refractivity contribution in [1.82, 2.24) is 14.2 Å². The van der Waals surface area contributed by atoms with Gasteiger partial charge in [-0.2, -0.15) is 5.26 Å². The van der Waals surface area contributed by atoms with Gasteiger partial charge in [-0.25, -0.2) is 0 Å². The smallest absolute Gasteiger partial charge is 0.0911 e. The van der Waals surface area contributed by atoms with Crippen LogP contribution in [0.2, 0.25) is 0 Å². The summed E-state index contributed by atoms with van der Waals surface area (Å²) in [6.07, 6.45) is 7.99. The molecular formula is C19H23ClN4S. The van der Waals surface area contributed by atoms with Crippen LogP contribution in [0.4, 0.5) is 0 Å². The Hall–Kier alpha value is -1.35. The number of rotatable bonds is 1. The van der Waals surface area contributed by atoms with Gasteiger partial charge in [0.15, 0.2) is 0 Å². The van der Waals surface area contributed by atoms with Crippen molar-refractivity contribution in [3.05, 3.63) is 46.2 Å². The summed E-state index contributed by atoms with van der Waals surface area (Å²) in [7, 11) is 2.19. The van der Waals surface area contributed by atoms with Gasteiger partial charge in [0.25, 0.3) is 0 Å². The van der Waals surface area contributed by atoms with E-state index < -0.39 is 0 Å². The van der Waals surface area contributed by atoms with E-state index in [1.165, 1.54) is 22.5 Å². The molecule has 6 heteroatoms. The molecule has 0 amide bonds. The molecule has 132 valence electrons. The van der Waals surface area contributed by atoms with Gasteiger partial charge in [-0.05, 0) is 36.9 Å². The van der Waals surface area contributed by atoms with Gasteiger partial charge in [0.05, 0.1) is 18.0 Å². The maximum atomic E-state index is 9.11. The molecule has 0 aromatic carbocycles. The lowest BCUT2D eigenvalue weighted by molar-refractivity contribution is 0.185. The third-order valence-corrected chi connectivity index (χ3v) is 7.10. The summed E-state index contributed by atoms with van der Waals surface area (Å²) in [6.45, 7) is 5.04. The van der Waals surface area contributed by atoms with Crippen molar-refractivity contribution in [1.29, 1.82) is 5.26 Å². The molecule has 25 heavy (non-hydrogen) atoms. The van der Waals surface area contributed by atoms with E-state index in [1.807, 2.05) is 16.2 Å². The van der Waals surface area contributed by atoms with E-state index in [2.05, 4.69) is 40.5 Å². The Bertz CT molecular complexity index is 724. The number of hydrogen-bond acceptors (Lipinski definition) is 5. The Morgan fingerprint density at radius 2 is 2.08 bits per heavy atom. The minimum absolute atomic E-state index is 0.0843. The van der Waals surface area contributed by atoms with Gasteiger partial charge in [0, 0.05) is 61.2 Å². The lowest BCUT2D eigenvalue weighted by Gasteiger charge is -2.42. The van der Waals surface area contributed by atoms with Crippen LogP contribution in [-0.2, 0) is 0 Å². The predicted octanol–water partition coefficient (Wildman–Crippen LogP) is 3.33. The fourth-order valence-corrected chi connectivity index (χ4v) is 5.94. The lowest BCUT2D eigenvalue weighted by Crippen LogP contribution is -2.45. The highest BCUT2D eigenvalue weighted by molar-refractivity contribution is 8.02. The second kappa shape index (κ2) is 6.75. The molecule has 0 radical (unpaired) electrons. The largest absolute Gasteiger partial charge is 0.369 e. The third-order valence-electron chi connectivity index (χ3n) is 5.72. The summed E-state index contributed by atoms with van der Waals surface area (Å²) in [5.74, 6) is 1.01. The number of allylic oxidation sites excluding steroid dienone is 5. The zero-order valence-corrected chi connectivity index (χ0v) is 16.1. The van der Waals surface area contributed by atoms with Gasteiger partial charge in [-0.1, -0.05) is 11.6 Å². The number of likely N-dealkylation sites (N-methyl/N-ethyl adjacent to an activating group) is 1. The number of halogens is 1. The second-order valence-electron chi connectivity index (χ2n) is 7.25. The highest BCUT2D eigenvalue weighted by Gasteiger charge is 2.48. The quantitative estimate of drug-likeness (QED) is 0.519. The van der Waals surface area contributed by atoms with Crippen LogP contribution in [-0.4, -0.2) is 59.7 Å². The minimum atomic E-state index is -0.0843. The first kappa shape index (κ1) is 17.1. The molecule has 1 spiro atoms. The molecule has 4 nitrogen and oxygen atoms in total. The van der Waals surface area contributed by atoms with Crippen molar-refractivity contribution < 1.29 is 0 Å². The van der Waals surface area contributed by atoms with Gasteiger partial charge >= 0.3 is 0 Å². The molecule has 0 N–H and O–H groups in total. The number of piperazine rings is 1. The molecule has 0 aromatic heterocycles. The van der Waals surface area contributed by atoms with Crippen molar-refractivity contribution >= 4 is 23.5 Å². The first-order chi connectivity index (χ1) is 12.1. The molecule has 3 aliphatic heterocycles. The topological polar surface area (TPSA) is 33.5 Å². The highest BCUT2D eigenvalue weighted by atomic mass is 35.5. The molecular weight excluding hydrogens is 352 g/mol. The average Bonchev–Trinajstić information content (AvgIpc) is 2.95. The Kier molecular flexibility index (Phi) is 4.61.